The molecule has 0 aromatic rings. The molecular formula is C16H28. The fourth-order valence-electron chi connectivity index (χ4n) is 3.96. The van der Waals surface area contributed by atoms with Crippen molar-refractivity contribution in [2.75, 3.05) is 0 Å². The molecule has 2 rings (SSSR count). The molecular weight excluding hydrogens is 192 g/mol. The zero-order valence-corrected chi connectivity index (χ0v) is 11.4. The van der Waals surface area contributed by atoms with Gasteiger partial charge in [0.05, 0.1) is 0 Å². The van der Waals surface area contributed by atoms with Crippen LogP contribution in [0.15, 0.2) is 11.1 Å². The minimum absolute atomic E-state index is 0.548. The second-order valence-electron chi connectivity index (χ2n) is 6.38. The highest BCUT2D eigenvalue weighted by molar-refractivity contribution is 5.23. The summed E-state index contributed by atoms with van der Waals surface area (Å²) in [6.07, 6.45) is 12.9. The van der Waals surface area contributed by atoms with Gasteiger partial charge in [-0.3, -0.25) is 0 Å². The topological polar surface area (TPSA) is 0 Å². The zero-order valence-electron chi connectivity index (χ0n) is 11.4. The van der Waals surface area contributed by atoms with Crippen LogP contribution in [0, 0.1) is 11.3 Å². The monoisotopic (exact) mass is 220 g/mol. The van der Waals surface area contributed by atoms with Crippen molar-refractivity contribution in [3.8, 4) is 0 Å². The third kappa shape index (κ3) is 2.21. The van der Waals surface area contributed by atoms with Crippen LogP contribution in [0.5, 0.6) is 0 Å². The van der Waals surface area contributed by atoms with Crippen LogP contribution in [0.1, 0.15) is 78.6 Å². The van der Waals surface area contributed by atoms with Gasteiger partial charge in [-0.1, -0.05) is 44.3 Å². The fraction of sp³-hybridized carbons (Fsp3) is 0.875. The molecule has 0 heterocycles. The summed E-state index contributed by atoms with van der Waals surface area (Å²) in [5, 5.41) is 0. The Labute approximate surface area is 102 Å². The molecule has 2 unspecified atom stereocenters. The van der Waals surface area contributed by atoms with E-state index < -0.39 is 0 Å². The smallest absolute Gasteiger partial charge is 0.00882 e. The SMILES string of the molecule is CC1=C(C2(C)CCCCC2C)CCCCC1. The van der Waals surface area contributed by atoms with Crippen molar-refractivity contribution in [1.82, 2.24) is 0 Å². The lowest BCUT2D eigenvalue weighted by Gasteiger charge is -2.43. The standard InChI is InChI=1S/C16H28/c1-13-9-5-4-6-11-15(13)16(3)12-8-7-10-14(16)2/h14H,4-12H2,1-3H3. The van der Waals surface area contributed by atoms with E-state index in [0.29, 0.717) is 5.41 Å². The van der Waals surface area contributed by atoms with Crippen molar-refractivity contribution in [3.63, 3.8) is 0 Å². The van der Waals surface area contributed by atoms with E-state index in [-0.39, 0.29) is 0 Å². The quantitative estimate of drug-likeness (QED) is 0.513. The van der Waals surface area contributed by atoms with Crippen LogP contribution in [-0.4, -0.2) is 0 Å². The molecule has 0 heteroatoms. The minimum Gasteiger partial charge on any atom is -0.0736 e. The average Bonchev–Trinajstić information content (AvgIpc) is 2.48. The van der Waals surface area contributed by atoms with Gasteiger partial charge in [0, 0.05) is 0 Å². The summed E-state index contributed by atoms with van der Waals surface area (Å²) in [5.41, 5.74) is 4.15. The van der Waals surface area contributed by atoms with Gasteiger partial charge in [-0.25, -0.2) is 0 Å². The molecule has 2 atom stereocenters. The summed E-state index contributed by atoms with van der Waals surface area (Å²) in [6, 6.07) is 0. The Morgan fingerprint density at radius 1 is 1.00 bits per heavy atom. The first-order chi connectivity index (χ1) is 7.64. The van der Waals surface area contributed by atoms with E-state index in [2.05, 4.69) is 20.8 Å². The molecule has 0 spiro atoms. The molecule has 0 saturated heterocycles. The maximum absolute atomic E-state index is 2.56. The third-order valence-electron chi connectivity index (χ3n) is 5.35. The van der Waals surface area contributed by atoms with Gasteiger partial charge in [0.15, 0.2) is 0 Å². The molecule has 92 valence electrons. The largest absolute Gasteiger partial charge is 0.0736 e. The van der Waals surface area contributed by atoms with E-state index in [1.165, 1.54) is 57.8 Å². The Morgan fingerprint density at radius 3 is 2.50 bits per heavy atom. The highest BCUT2D eigenvalue weighted by atomic mass is 14.4. The van der Waals surface area contributed by atoms with Crippen molar-refractivity contribution >= 4 is 0 Å². The number of hydrogen-bond acceptors (Lipinski definition) is 0. The summed E-state index contributed by atoms with van der Waals surface area (Å²) in [4.78, 5) is 0. The second-order valence-corrected chi connectivity index (χ2v) is 6.38. The summed E-state index contributed by atoms with van der Waals surface area (Å²) in [6.45, 7) is 7.46. The van der Waals surface area contributed by atoms with Gasteiger partial charge < -0.3 is 0 Å². The van der Waals surface area contributed by atoms with Crippen LogP contribution >= 0.6 is 0 Å². The molecule has 2 aliphatic rings. The molecule has 1 fully saturated rings. The van der Waals surface area contributed by atoms with Crippen molar-refractivity contribution < 1.29 is 0 Å². The van der Waals surface area contributed by atoms with Crippen LogP contribution in [0.25, 0.3) is 0 Å². The van der Waals surface area contributed by atoms with E-state index in [1.54, 1.807) is 5.57 Å². The number of allylic oxidation sites excluding steroid dienone is 2. The molecule has 0 nitrogen and oxygen atoms in total. The van der Waals surface area contributed by atoms with Crippen LogP contribution in [0.3, 0.4) is 0 Å². The van der Waals surface area contributed by atoms with Crippen molar-refractivity contribution in [1.29, 1.82) is 0 Å². The molecule has 2 aliphatic carbocycles. The van der Waals surface area contributed by atoms with Crippen molar-refractivity contribution in [2.45, 2.75) is 78.6 Å². The first kappa shape index (κ1) is 12.2. The Kier molecular flexibility index (Phi) is 3.77. The molecule has 1 saturated carbocycles. The minimum atomic E-state index is 0.548. The van der Waals surface area contributed by atoms with Crippen molar-refractivity contribution in [2.24, 2.45) is 11.3 Å². The summed E-state index contributed by atoms with van der Waals surface area (Å²) in [5.74, 6) is 0.907. The van der Waals surface area contributed by atoms with Crippen LogP contribution < -0.4 is 0 Å². The van der Waals surface area contributed by atoms with Crippen LogP contribution in [0.2, 0.25) is 0 Å². The first-order valence-electron chi connectivity index (χ1n) is 7.33. The summed E-state index contributed by atoms with van der Waals surface area (Å²) < 4.78 is 0. The Bertz CT molecular complexity index is 274. The fourth-order valence-corrected chi connectivity index (χ4v) is 3.96. The Balaban J connectivity index is 2.25. The van der Waals surface area contributed by atoms with Gasteiger partial charge >= 0.3 is 0 Å². The maximum atomic E-state index is 2.56. The van der Waals surface area contributed by atoms with Gasteiger partial charge in [-0.15, -0.1) is 0 Å². The van der Waals surface area contributed by atoms with Crippen LogP contribution in [0.4, 0.5) is 0 Å². The van der Waals surface area contributed by atoms with E-state index in [4.69, 9.17) is 0 Å². The lowest BCUT2D eigenvalue weighted by atomic mass is 9.62. The van der Waals surface area contributed by atoms with Gasteiger partial charge in [0.2, 0.25) is 0 Å². The molecule has 16 heavy (non-hydrogen) atoms. The van der Waals surface area contributed by atoms with Crippen molar-refractivity contribution in [3.05, 3.63) is 11.1 Å². The highest BCUT2D eigenvalue weighted by Crippen LogP contribution is 2.49. The summed E-state index contributed by atoms with van der Waals surface area (Å²) >= 11 is 0. The van der Waals surface area contributed by atoms with Gasteiger partial charge in [0.25, 0.3) is 0 Å². The highest BCUT2D eigenvalue weighted by Gasteiger charge is 2.37. The second kappa shape index (κ2) is 4.94. The Hall–Kier alpha value is -0.260. The lowest BCUT2D eigenvalue weighted by Crippen LogP contribution is -2.31. The number of hydrogen-bond donors (Lipinski definition) is 0. The van der Waals surface area contributed by atoms with E-state index in [0.717, 1.165) is 5.92 Å². The first-order valence-corrected chi connectivity index (χ1v) is 7.33. The lowest BCUT2D eigenvalue weighted by molar-refractivity contribution is 0.167. The molecule has 0 amide bonds. The van der Waals surface area contributed by atoms with Gasteiger partial charge in [-0.2, -0.15) is 0 Å². The molecule has 0 aromatic heterocycles. The molecule has 0 aromatic carbocycles. The van der Waals surface area contributed by atoms with Gasteiger partial charge in [-0.05, 0) is 56.8 Å². The summed E-state index contributed by atoms with van der Waals surface area (Å²) in [7, 11) is 0. The predicted molar refractivity (Wildman–Crippen MR) is 71.5 cm³/mol. The Morgan fingerprint density at radius 2 is 1.75 bits per heavy atom. The van der Waals surface area contributed by atoms with E-state index in [9.17, 15) is 0 Å². The molecule has 0 aliphatic heterocycles. The van der Waals surface area contributed by atoms with E-state index in [1.807, 2.05) is 5.57 Å². The zero-order chi connectivity index (χ0) is 11.6. The van der Waals surface area contributed by atoms with Crippen LogP contribution in [-0.2, 0) is 0 Å². The normalized spacial score (nSPS) is 37.3. The average molecular weight is 220 g/mol. The molecule has 0 radical (unpaired) electrons. The molecule has 0 bridgehead atoms. The third-order valence-corrected chi connectivity index (χ3v) is 5.35. The van der Waals surface area contributed by atoms with E-state index >= 15 is 0 Å². The molecule has 0 N–H and O–H groups in total. The predicted octanol–water partition coefficient (Wildman–Crippen LogP) is 5.48. The van der Waals surface area contributed by atoms with Gasteiger partial charge in [0.1, 0.15) is 0 Å². The maximum Gasteiger partial charge on any atom is -0.00882 e. The number of rotatable bonds is 1.